The quantitative estimate of drug-likeness (QED) is 0.718. The second kappa shape index (κ2) is 4.09. The molecule has 2 aliphatic carbocycles. The Morgan fingerprint density at radius 3 is 2.89 bits per heavy atom. The van der Waals surface area contributed by atoms with Gasteiger partial charge in [0.25, 0.3) is 0 Å². The highest BCUT2D eigenvalue weighted by Crippen LogP contribution is 2.48. The van der Waals surface area contributed by atoms with E-state index in [1.54, 1.807) is 0 Å². The van der Waals surface area contributed by atoms with Crippen molar-refractivity contribution >= 4 is 17.1 Å². The summed E-state index contributed by atoms with van der Waals surface area (Å²) in [7, 11) is 0. The Hall–Kier alpha value is -1.31. The third kappa shape index (κ3) is 1.73. The molecular formula is C17H22N2. The summed E-state index contributed by atoms with van der Waals surface area (Å²) in [6.07, 6.45) is 9.26. The molecule has 2 heteroatoms. The summed E-state index contributed by atoms with van der Waals surface area (Å²) in [5.41, 5.74) is 5.54. The Morgan fingerprint density at radius 2 is 2.05 bits per heavy atom. The van der Waals surface area contributed by atoms with Crippen LogP contribution in [0.3, 0.4) is 0 Å². The topological polar surface area (TPSA) is 24.4 Å². The average Bonchev–Trinajstić information content (AvgIpc) is 3.00. The predicted molar refractivity (Wildman–Crippen MR) is 80.4 cm³/mol. The largest absolute Gasteiger partial charge is 0.377 e. The Labute approximate surface area is 115 Å². The van der Waals surface area contributed by atoms with Gasteiger partial charge in [0, 0.05) is 17.2 Å². The molecule has 4 rings (SSSR count). The van der Waals surface area contributed by atoms with E-state index in [9.17, 15) is 0 Å². The number of benzene rings is 1. The first-order valence-corrected chi connectivity index (χ1v) is 7.73. The number of rotatable bonds is 0. The minimum atomic E-state index is 0.314. The van der Waals surface area contributed by atoms with Gasteiger partial charge in [-0.25, -0.2) is 0 Å². The van der Waals surface area contributed by atoms with Crippen LogP contribution in [-0.2, 0) is 0 Å². The van der Waals surface area contributed by atoms with Gasteiger partial charge in [-0.1, -0.05) is 18.9 Å². The minimum absolute atomic E-state index is 0.314. The molecular weight excluding hydrogens is 232 g/mol. The van der Waals surface area contributed by atoms with E-state index >= 15 is 0 Å². The fraction of sp³-hybridized carbons (Fsp3) is 0.588. The standard InChI is InChI=1S/C17H22N2/c1-12-7-8-15-16(11-12)19-17(9-2-3-10-17)13-5-4-6-14(13)18-15/h7-8,11,13,19H,2-6,9-10H2,1H3. The predicted octanol–water partition coefficient (Wildman–Crippen LogP) is 4.61. The van der Waals surface area contributed by atoms with Crippen molar-refractivity contribution in [1.29, 1.82) is 0 Å². The van der Waals surface area contributed by atoms with Crippen molar-refractivity contribution in [2.45, 2.75) is 57.4 Å². The van der Waals surface area contributed by atoms with E-state index in [-0.39, 0.29) is 0 Å². The lowest BCUT2D eigenvalue weighted by Crippen LogP contribution is -2.44. The van der Waals surface area contributed by atoms with E-state index in [1.807, 2.05) is 0 Å². The number of hydrogen-bond donors (Lipinski definition) is 1. The van der Waals surface area contributed by atoms with Gasteiger partial charge in [-0.2, -0.15) is 0 Å². The van der Waals surface area contributed by atoms with Gasteiger partial charge in [0.15, 0.2) is 0 Å². The number of fused-ring (bicyclic) bond motifs is 3. The van der Waals surface area contributed by atoms with Gasteiger partial charge < -0.3 is 5.32 Å². The van der Waals surface area contributed by atoms with Crippen LogP contribution in [0, 0.1) is 12.8 Å². The molecule has 2 nitrogen and oxygen atoms in total. The molecule has 1 N–H and O–H groups in total. The molecule has 0 saturated heterocycles. The normalized spacial score (nSPS) is 27.4. The van der Waals surface area contributed by atoms with Gasteiger partial charge in [0.05, 0.1) is 11.4 Å². The van der Waals surface area contributed by atoms with Crippen LogP contribution in [-0.4, -0.2) is 11.3 Å². The highest BCUT2D eigenvalue weighted by atomic mass is 15.0. The first-order valence-electron chi connectivity index (χ1n) is 7.73. The van der Waals surface area contributed by atoms with Crippen LogP contribution >= 0.6 is 0 Å². The molecule has 3 aliphatic rings. The Morgan fingerprint density at radius 1 is 1.21 bits per heavy atom. The van der Waals surface area contributed by atoms with Crippen molar-refractivity contribution in [1.82, 2.24) is 0 Å². The van der Waals surface area contributed by atoms with Crippen LogP contribution in [0.25, 0.3) is 0 Å². The molecule has 1 aromatic rings. The summed E-state index contributed by atoms with van der Waals surface area (Å²) in [6, 6.07) is 6.65. The Bertz CT molecular complexity index is 538. The summed E-state index contributed by atoms with van der Waals surface area (Å²) in [6.45, 7) is 2.17. The van der Waals surface area contributed by atoms with Crippen molar-refractivity contribution in [2.75, 3.05) is 5.32 Å². The van der Waals surface area contributed by atoms with Crippen LogP contribution in [0.1, 0.15) is 50.5 Å². The number of aryl methyl sites for hydroxylation is 1. The molecule has 19 heavy (non-hydrogen) atoms. The SMILES string of the molecule is Cc1ccc2c(c1)NC1(CCCC1)C1CCCC1=N2. The number of nitrogens with one attached hydrogen (secondary N) is 1. The van der Waals surface area contributed by atoms with Crippen molar-refractivity contribution in [3.05, 3.63) is 23.8 Å². The lowest BCUT2D eigenvalue weighted by molar-refractivity contribution is 0.378. The zero-order chi connectivity index (χ0) is 12.9. The van der Waals surface area contributed by atoms with Gasteiger partial charge in [-0.05, 0) is 56.7 Å². The van der Waals surface area contributed by atoms with Crippen LogP contribution in [0.5, 0.6) is 0 Å². The third-order valence-electron chi connectivity index (χ3n) is 5.29. The molecule has 2 fully saturated rings. The number of nitrogens with zero attached hydrogens (tertiary/aromatic N) is 1. The maximum absolute atomic E-state index is 5.02. The van der Waals surface area contributed by atoms with Gasteiger partial charge in [0.2, 0.25) is 0 Å². The van der Waals surface area contributed by atoms with Crippen molar-refractivity contribution in [3.8, 4) is 0 Å². The molecule has 1 heterocycles. The monoisotopic (exact) mass is 254 g/mol. The summed E-state index contributed by atoms with van der Waals surface area (Å²) >= 11 is 0. The van der Waals surface area contributed by atoms with Crippen LogP contribution < -0.4 is 5.32 Å². The first kappa shape index (κ1) is 11.5. The second-order valence-electron chi connectivity index (χ2n) is 6.56. The lowest BCUT2D eigenvalue weighted by Gasteiger charge is -2.36. The molecule has 0 bridgehead atoms. The summed E-state index contributed by atoms with van der Waals surface area (Å²) < 4.78 is 0. The molecule has 100 valence electrons. The zero-order valence-corrected chi connectivity index (χ0v) is 11.7. The molecule has 1 atom stereocenters. The molecule has 0 aromatic heterocycles. The molecule has 1 aliphatic heterocycles. The average molecular weight is 254 g/mol. The van der Waals surface area contributed by atoms with Crippen molar-refractivity contribution in [3.63, 3.8) is 0 Å². The van der Waals surface area contributed by atoms with E-state index in [0.717, 1.165) is 5.69 Å². The zero-order valence-electron chi connectivity index (χ0n) is 11.7. The van der Waals surface area contributed by atoms with E-state index < -0.39 is 0 Å². The summed E-state index contributed by atoms with van der Waals surface area (Å²) in [5.74, 6) is 0.683. The Kier molecular flexibility index (Phi) is 2.48. The summed E-state index contributed by atoms with van der Waals surface area (Å²) in [4.78, 5) is 5.02. The molecule has 0 radical (unpaired) electrons. The molecule has 2 saturated carbocycles. The number of aliphatic imine (C=N–C) groups is 1. The van der Waals surface area contributed by atoms with E-state index in [2.05, 4.69) is 30.4 Å². The van der Waals surface area contributed by atoms with Crippen molar-refractivity contribution < 1.29 is 0 Å². The maximum atomic E-state index is 5.02. The fourth-order valence-electron chi connectivity index (χ4n) is 4.39. The summed E-state index contributed by atoms with van der Waals surface area (Å²) in [5, 5.41) is 3.93. The van der Waals surface area contributed by atoms with E-state index in [0.29, 0.717) is 11.5 Å². The van der Waals surface area contributed by atoms with Crippen molar-refractivity contribution in [2.24, 2.45) is 10.9 Å². The van der Waals surface area contributed by atoms with Crippen LogP contribution in [0.15, 0.2) is 23.2 Å². The van der Waals surface area contributed by atoms with Crippen LogP contribution in [0.2, 0.25) is 0 Å². The van der Waals surface area contributed by atoms with Gasteiger partial charge >= 0.3 is 0 Å². The third-order valence-corrected chi connectivity index (χ3v) is 5.29. The number of hydrogen-bond acceptors (Lipinski definition) is 2. The van der Waals surface area contributed by atoms with E-state index in [4.69, 9.17) is 4.99 Å². The molecule has 0 amide bonds. The highest BCUT2D eigenvalue weighted by molar-refractivity contribution is 5.95. The maximum Gasteiger partial charge on any atom is 0.0860 e. The van der Waals surface area contributed by atoms with Gasteiger partial charge in [-0.3, -0.25) is 4.99 Å². The first-order chi connectivity index (χ1) is 9.27. The van der Waals surface area contributed by atoms with Crippen LogP contribution in [0.4, 0.5) is 11.4 Å². The highest BCUT2D eigenvalue weighted by Gasteiger charge is 2.46. The second-order valence-corrected chi connectivity index (χ2v) is 6.56. The fourth-order valence-corrected chi connectivity index (χ4v) is 4.39. The Balaban J connectivity index is 1.86. The molecule has 1 spiro atoms. The minimum Gasteiger partial charge on any atom is -0.377 e. The van der Waals surface area contributed by atoms with E-state index in [1.165, 1.54) is 61.9 Å². The van der Waals surface area contributed by atoms with Gasteiger partial charge in [-0.15, -0.1) is 0 Å². The number of anilines is 1. The van der Waals surface area contributed by atoms with Gasteiger partial charge in [0.1, 0.15) is 0 Å². The molecule has 1 aromatic carbocycles. The smallest absolute Gasteiger partial charge is 0.0860 e. The molecule has 1 unspecified atom stereocenters. The lowest BCUT2D eigenvalue weighted by atomic mass is 9.80.